The highest BCUT2D eigenvalue weighted by Crippen LogP contribution is 2.28. The summed E-state index contributed by atoms with van der Waals surface area (Å²) in [5.41, 5.74) is 1.77. The molecule has 6 heteroatoms. The Morgan fingerprint density at radius 1 is 0.933 bits per heavy atom. The molecule has 0 spiro atoms. The minimum atomic E-state index is -1.09. The van der Waals surface area contributed by atoms with Crippen LogP contribution < -0.4 is 0 Å². The largest absolute Gasteiger partial charge is 0.466 e. The maximum absolute atomic E-state index is 13.2. The van der Waals surface area contributed by atoms with Gasteiger partial charge < -0.3 is 14.4 Å². The molecule has 0 N–H and O–H groups in total. The fourth-order valence-electron chi connectivity index (χ4n) is 3.36. The summed E-state index contributed by atoms with van der Waals surface area (Å²) in [5.74, 6) is -3.16. The maximum atomic E-state index is 13.2. The summed E-state index contributed by atoms with van der Waals surface area (Å²) in [5, 5.41) is 0. The van der Waals surface area contributed by atoms with Gasteiger partial charge in [0.1, 0.15) is 12.5 Å². The van der Waals surface area contributed by atoms with Gasteiger partial charge >= 0.3 is 11.9 Å². The molecule has 0 aliphatic carbocycles. The van der Waals surface area contributed by atoms with Crippen LogP contribution in [0.15, 0.2) is 72.9 Å². The lowest BCUT2D eigenvalue weighted by Gasteiger charge is -2.31. The molecule has 0 radical (unpaired) electrons. The van der Waals surface area contributed by atoms with E-state index in [-0.39, 0.29) is 25.5 Å². The number of amides is 1. The van der Waals surface area contributed by atoms with Crippen LogP contribution in [-0.2, 0) is 37.0 Å². The molecule has 0 bridgehead atoms. The molecular formula is C24H25NO5. The highest BCUT2D eigenvalue weighted by molar-refractivity contribution is 6.00. The summed E-state index contributed by atoms with van der Waals surface area (Å²) < 4.78 is 10.4. The number of benzene rings is 2. The van der Waals surface area contributed by atoms with Gasteiger partial charge in [0.25, 0.3) is 0 Å². The van der Waals surface area contributed by atoms with Crippen LogP contribution in [-0.4, -0.2) is 29.4 Å². The van der Waals surface area contributed by atoms with Gasteiger partial charge in [0, 0.05) is 12.1 Å². The lowest BCUT2D eigenvalue weighted by molar-refractivity contribution is -0.159. The Morgan fingerprint density at radius 3 is 2.20 bits per heavy atom. The number of ether oxygens (including phenoxy) is 2. The number of carbonyl (C=O) groups excluding carboxylic acids is 3. The van der Waals surface area contributed by atoms with E-state index in [4.69, 9.17) is 9.47 Å². The van der Waals surface area contributed by atoms with Crippen molar-refractivity contribution in [3.05, 3.63) is 84.1 Å². The number of nitrogens with zero attached hydrogens (tertiary/aromatic N) is 1. The van der Waals surface area contributed by atoms with Crippen molar-refractivity contribution in [3.63, 3.8) is 0 Å². The van der Waals surface area contributed by atoms with Crippen molar-refractivity contribution >= 4 is 17.8 Å². The van der Waals surface area contributed by atoms with Crippen molar-refractivity contribution in [3.8, 4) is 0 Å². The summed E-state index contributed by atoms with van der Waals surface area (Å²) in [4.78, 5) is 39.5. The molecular weight excluding hydrogens is 382 g/mol. The standard InChI is InChI=1S/C24H25NO5/c1-2-29-21(26)15-20-13-14-25(16-18-9-5-3-6-10-18)23(27)22(20)24(28)30-17-19-11-7-4-8-12-19/h3-14,20,22H,2,15-17H2,1H3. The van der Waals surface area contributed by atoms with E-state index in [1.807, 2.05) is 60.7 Å². The van der Waals surface area contributed by atoms with Gasteiger partial charge in [0.15, 0.2) is 0 Å². The molecule has 0 fully saturated rings. The van der Waals surface area contributed by atoms with Crippen LogP contribution in [0.2, 0.25) is 0 Å². The average Bonchev–Trinajstić information content (AvgIpc) is 2.76. The summed E-state index contributed by atoms with van der Waals surface area (Å²) in [7, 11) is 0. The molecule has 1 aliphatic heterocycles. The molecule has 1 heterocycles. The van der Waals surface area contributed by atoms with Crippen molar-refractivity contribution in [2.75, 3.05) is 6.61 Å². The Morgan fingerprint density at radius 2 is 1.57 bits per heavy atom. The fourth-order valence-corrected chi connectivity index (χ4v) is 3.36. The molecule has 0 saturated carbocycles. The molecule has 30 heavy (non-hydrogen) atoms. The lowest BCUT2D eigenvalue weighted by Crippen LogP contribution is -2.44. The first kappa shape index (κ1) is 21.3. The van der Waals surface area contributed by atoms with Gasteiger partial charge in [-0.25, -0.2) is 0 Å². The van der Waals surface area contributed by atoms with Crippen LogP contribution >= 0.6 is 0 Å². The third-order valence-electron chi connectivity index (χ3n) is 4.87. The first-order valence-corrected chi connectivity index (χ1v) is 9.97. The van der Waals surface area contributed by atoms with Crippen LogP contribution in [0.25, 0.3) is 0 Å². The molecule has 0 aromatic heterocycles. The molecule has 2 atom stereocenters. The van der Waals surface area contributed by atoms with Crippen molar-refractivity contribution in [1.29, 1.82) is 0 Å². The third kappa shape index (κ3) is 5.56. The quantitative estimate of drug-likeness (QED) is 0.495. The van der Waals surface area contributed by atoms with Crippen LogP contribution in [0.4, 0.5) is 0 Å². The molecule has 1 aliphatic rings. The zero-order valence-corrected chi connectivity index (χ0v) is 16.9. The highest BCUT2D eigenvalue weighted by atomic mass is 16.5. The normalized spacial score (nSPS) is 18.2. The first-order chi connectivity index (χ1) is 14.6. The second kappa shape index (κ2) is 10.4. The number of allylic oxidation sites excluding steroid dienone is 1. The zero-order valence-electron chi connectivity index (χ0n) is 16.9. The molecule has 6 nitrogen and oxygen atoms in total. The smallest absolute Gasteiger partial charge is 0.319 e. The van der Waals surface area contributed by atoms with Gasteiger partial charge in [-0.1, -0.05) is 66.7 Å². The zero-order chi connectivity index (χ0) is 21.3. The van der Waals surface area contributed by atoms with E-state index in [9.17, 15) is 14.4 Å². The lowest BCUT2D eigenvalue weighted by atomic mass is 9.85. The number of hydrogen-bond acceptors (Lipinski definition) is 5. The van der Waals surface area contributed by atoms with E-state index in [1.165, 1.54) is 4.90 Å². The van der Waals surface area contributed by atoms with Crippen molar-refractivity contribution in [2.24, 2.45) is 11.8 Å². The molecule has 156 valence electrons. The van der Waals surface area contributed by atoms with Crippen molar-refractivity contribution < 1.29 is 23.9 Å². The van der Waals surface area contributed by atoms with Gasteiger partial charge in [0.2, 0.25) is 5.91 Å². The monoisotopic (exact) mass is 407 g/mol. The second-order valence-electron chi connectivity index (χ2n) is 7.04. The Hall–Kier alpha value is -3.41. The van der Waals surface area contributed by atoms with Crippen LogP contribution in [0, 0.1) is 11.8 Å². The number of hydrogen-bond donors (Lipinski definition) is 0. The van der Waals surface area contributed by atoms with Gasteiger partial charge in [0.05, 0.1) is 19.6 Å². The van der Waals surface area contributed by atoms with Gasteiger partial charge in [-0.15, -0.1) is 0 Å². The minimum absolute atomic E-state index is 0.0552. The molecule has 2 aromatic rings. The van der Waals surface area contributed by atoms with E-state index < -0.39 is 23.8 Å². The third-order valence-corrected chi connectivity index (χ3v) is 4.87. The second-order valence-corrected chi connectivity index (χ2v) is 7.04. The van der Waals surface area contributed by atoms with Crippen LogP contribution in [0.1, 0.15) is 24.5 Å². The van der Waals surface area contributed by atoms with Gasteiger partial charge in [-0.2, -0.15) is 0 Å². The van der Waals surface area contributed by atoms with Gasteiger partial charge in [-0.3, -0.25) is 14.4 Å². The number of esters is 2. The average molecular weight is 407 g/mol. The van der Waals surface area contributed by atoms with E-state index in [1.54, 1.807) is 19.2 Å². The topological polar surface area (TPSA) is 72.9 Å². The summed E-state index contributed by atoms with van der Waals surface area (Å²) in [6.07, 6.45) is 3.30. The van der Waals surface area contributed by atoms with E-state index in [0.717, 1.165) is 11.1 Å². The predicted molar refractivity (Wildman–Crippen MR) is 111 cm³/mol. The van der Waals surface area contributed by atoms with E-state index in [2.05, 4.69) is 0 Å². The summed E-state index contributed by atoms with van der Waals surface area (Å²) in [6, 6.07) is 18.8. The van der Waals surface area contributed by atoms with Crippen LogP contribution in [0.5, 0.6) is 0 Å². The fraction of sp³-hybridized carbons (Fsp3) is 0.292. The molecule has 2 unspecified atom stereocenters. The Bertz CT molecular complexity index is 894. The van der Waals surface area contributed by atoms with E-state index in [0.29, 0.717) is 6.54 Å². The van der Waals surface area contributed by atoms with Gasteiger partial charge in [-0.05, 0) is 18.1 Å². The Kier molecular flexibility index (Phi) is 7.38. The molecule has 2 aromatic carbocycles. The van der Waals surface area contributed by atoms with Crippen molar-refractivity contribution in [2.45, 2.75) is 26.5 Å². The number of rotatable bonds is 8. The molecule has 3 rings (SSSR count). The summed E-state index contributed by atoms with van der Waals surface area (Å²) in [6.45, 7) is 2.36. The highest BCUT2D eigenvalue weighted by Gasteiger charge is 2.41. The van der Waals surface area contributed by atoms with Crippen molar-refractivity contribution in [1.82, 2.24) is 4.90 Å². The first-order valence-electron chi connectivity index (χ1n) is 9.97. The predicted octanol–water partition coefficient (Wildman–Crippen LogP) is 3.47. The Labute approximate surface area is 176 Å². The Balaban J connectivity index is 1.76. The van der Waals surface area contributed by atoms with E-state index >= 15 is 0 Å². The molecule has 0 saturated heterocycles. The number of carbonyl (C=O) groups is 3. The summed E-state index contributed by atoms with van der Waals surface area (Å²) >= 11 is 0. The van der Waals surface area contributed by atoms with Crippen LogP contribution in [0.3, 0.4) is 0 Å². The SMILES string of the molecule is CCOC(=O)CC1C=CN(Cc2ccccc2)C(=O)C1C(=O)OCc1ccccc1. The minimum Gasteiger partial charge on any atom is -0.466 e. The maximum Gasteiger partial charge on any atom is 0.319 e. The molecule has 1 amide bonds.